The van der Waals surface area contributed by atoms with Crippen molar-refractivity contribution in [1.29, 1.82) is 0 Å². The van der Waals surface area contributed by atoms with Crippen LogP contribution < -0.4 is 4.74 Å². The lowest BCUT2D eigenvalue weighted by Gasteiger charge is -2.26. The fourth-order valence-electron chi connectivity index (χ4n) is 2.41. The highest BCUT2D eigenvalue weighted by molar-refractivity contribution is 6.30. The predicted octanol–water partition coefficient (Wildman–Crippen LogP) is 3.37. The van der Waals surface area contributed by atoms with Gasteiger partial charge in [0.1, 0.15) is 5.75 Å². The van der Waals surface area contributed by atoms with Crippen LogP contribution in [0.4, 0.5) is 0 Å². The molecule has 1 aromatic carbocycles. The number of rotatable bonds is 2. The second-order valence-corrected chi connectivity index (χ2v) is 4.83. The largest absolute Gasteiger partial charge is 0.496 e. The van der Waals surface area contributed by atoms with Gasteiger partial charge in [-0.1, -0.05) is 11.6 Å². The number of aliphatic hydroxyl groups is 1. The highest BCUT2D eigenvalue weighted by Crippen LogP contribution is 2.38. The summed E-state index contributed by atoms with van der Waals surface area (Å²) in [5, 5.41) is 10.2. The van der Waals surface area contributed by atoms with E-state index in [9.17, 15) is 5.11 Å². The van der Waals surface area contributed by atoms with Crippen LogP contribution in [0.15, 0.2) is 18.2 Å². The van der Waals surface area contributed by atoms with Crippen LogP contribution >= 0.6 is 11.6 Å². The van der Waals surface area contributed by atoms with Crippen LogP contribution in [0.5, 0.6) is 5.75 Å². The van der Waals surface area contributed by atoms with Crippen LogP contribution in [0.25, 0.3) is 0 Å². The van der Waals surface area contributed by atoms with Crippen molar-refractivity contribution >= 4 is 11.6 Å². The van der Waals surface area contributed by atoms with Gasteiger partial charge in [-0.05, 0) is 55.4 Å². The zero-order valence-corrected chi connectivity index (χ0v) is 10.2. The summed E-state index contributed by atoms with van der Waals surface area (Å²) in [6.07, 6.45) is 3.65. The minimum absolute atomic E-state index is 0.124. The standard InChI is InChI=1S/C13H17ClO2/c1-16-13-7-4-10(14)8-12(13)9-2-5-11(15)6-3-9/h4,7-9,11,15H,2-3,5-6H2,1H3. The van der Waals surface area contributed by atoms with E-state index in [-0.39, 0.29) is 6.10 Å². The van der Waals surface area contributed by atoms with Gasteiger partial charge in [-0.25, -0.2) is 0 Å². The number of benzene rings is 1. The zero-order chi connectivity index (χ0) is 11.5. The summed E-state index contributed by atoms with van der Waals surface area (Å²) >= 11 is 6.02. The molecule has 16 heavy (non-hydrogen) atoms. The molecular formula is C13H17ClO2. The molecule has 3 heteroatoms. The molecule has 0 bridgehead atoms. The minimum Gasteiger partial charge on any atom is -0.496 e. The molecule has 0 amide bonds. The van der Waals surface area contributed by atoms with E-state index >= 15 is 0 Å². The van der Waals surface area contributed by atoms with Gasteiger partial charge in [0.05, 0.1) is 13.2 Å². The maximum absolute atomic E-state index is 9.50. The quantitative estimate of drug-likeness (QED) is 0.859. The Bertz CT molecular complexity index is 357. The third kappa shape index (κ3) is 2.50. The summed E-state index contributed by atoms with van der Waals surface area (Å²) in [4.78, 5) is 0. The van der Waals surface area contributed by atoms with Crippen molar-refractivity contribution in [2.75, 3.05) is 7.11 Å². The molecule has 0 atom stereocenters. The van der Waals surface area contributed by atoms with Crippen LogP contribution in [0.3, 0.4) is 0 Å². The number of aliphatic hydroxyl groups excluding tert-OH is 1. The van der Waals surface area contributed by atoms with Crippen LogP contribution in [0.1, 0.15) is 37.2 Å². The maximum atomic E-state index is 9.50. The summed E-state index contributed by atoms with van der Waals surface area (Å²) in [7, 11) is 1.68. The monoisotopic (exact) mass is 240 g/mol. The number of hydrogen-bond donors (Lipinski definition) is 1. The molecule has 2 rings (SSSR count). The molecule has 0 aliphatic heterocycles. The lowest BCUT2D eigenvalue weighted by molar-refractivity contribution is 0.122. The highest BCUT2D eigenvalue weighted by atomic mass is 35.5. The molecule has 0 saturated heterocycles. The molecule has 0 spiro atoms. The first kappa shape index (κ1) is 11.7. The van der Waals surface area contributed by atoms with E-state index in [1.807, 2.05) is 18.2 Å². The van der Waals surface area contributed by atoms with Crippen LogP contribution in [0.2, 0.25) is 5.02 Å². The molecule has 0 radical (unpaired) electrons. The second kappa shape index (κ2) is 5.07. The van der Waals surface area contributed by atoms with Crippen molar-refractivity contribution in [3.05, 3.63) is 28.8 Å². The number of methoxy groups -OCH3 is 1. The van der Waals surface area contributed by atoms with Gasteiger partial charge in [0, 0.05) is 5.02 Å². The average molecular weight is 241 g/mol. The molecule has 1 aliphatic carbocycles. The molecule has 1 fully saturated rings. The minimum atomic E-state index is -0.124. The Hall–Kier alpha value is -0.730. The van der Waals surface area contributed by atoms with E-state index in [1.54, 1.807) is 7.11 Å². The Balaban J connectivity index is 2.21. The van der Waals surface area contributed by atoms with Gasteiger partial charge >= 0.3 is 0 Å². The van der Waals surface area contributed by atoms with E-state index in [4.69, 9.17) is 16.3 Å². The van der Waals surface area contributed by atoms with Crippen LogP contribution in [-0.2, 0) is 0 Å². The van der Waals surface area contributed by atoms with Gasteiger partial charge in [-0.15, -0.1) is 0 Å². The third-order valence-corrected chi connectivity index (χ3v) is 3.56. The van der Waals surface area contributed by atoms with Gasteiger partial charge in [0.2, 0.25) is 0 Å². The first-order valence-electron chi connectivity index (χ1n) is 5.72. The lowest BCUT2D eigenvalue weighted by atomic mass is 9.82. The van der Waals surface area contributed by atoms with Crippen molar-refractivity contribution in [2.45, 2.75) is 37.7 Å². The van der Waals surface area contributed by atoms with E-state index < -0.39 is 0 Å². The maximum Gasteiger partial charge on any atom is 0.122 e. The number of halogens is 1. The fraction of sp³-hybridized carbons (Fsp3) is 0.538. The Morgan fingerprint density at radius 3 is 2.56 bits per heavy atom. The van der Waals surface area contributed by atoms with Crippen LogP contribution in [0, 0.1) is 0 Å². The van der Waals surface area contributed by atoms with Gasteiger partial charge in [0.15, 0.2) is 0 Å². The molecule has 0 aromatic heterocycles. The molecule has 0 unspecified atom stereocenters. The number of hydrogen-bond acceptors (Lipinski definition) is 2. The normalized spacial score (nSPS) is 25.4. The molecule has 1 N–H and O–H groups in total. The van der Waals surface area contributed by atoms with Crippen molar-refractivity contribution < 1.29 is 9.84 Å². The lowest BCUT2D eigenvalue weighted by Crippen LogP contribution is -2.17. The molecule has 2 nitrogen and oxygen atoms in total. The second-order valence-electron chi connectivity index (χ2n) is 4.39. The topological polar surface area (TPSA) is 29.5 Å². The first-order chi connectivity index (χ1) is 7.70. The van der Waals surface area contributed by atoms with Crippen molar-refractivity contribution in [2.24, 2.45) is 0 Å². The summed E-state index contributed by atoms with van der Waals surface area (Å²) in [6, 6.07) is 5.76. The summed E-state index contributed by atoms with van der Waals surface area (Å²) in [6.45, 7) is 0. The first-order valence-corrected chi connectivity index (χ1v) is 6.10. The fourth-order valence-corrected chi connectivity index (χ4v) is 2.59. The van der Waals surface area contributed by atoms with Gasteiger partial charge in [0.25, 0.3) is 0 Å². The molecule has 1 saturated carbocycles. The SMILES string of the molecule is COc1ccc(Cl)cc1C1CCC(O)CC1. The molecule has 1 aliphatic rings. The summed E-state index contributed by atoms with van der Waals surface area (Å²) < 4.78 is 5.36. The molecule has 1 aromatic rings. The Morgan fingerprint density at radius 2 is 1.94 bits per heavy atom. The zero-order valence-electron chi connectivity index (χ0n) is 9.45. The van der Waals surface area contributed by atoms with E-state index in [1.165, 1.54) is 5.56 Å². The third-order valence-electron chi connectivity index (χ3n) is 3.33. The predicted molar refractivity (Wildman–Crippen MR) is 65.2 cm³/mol. The van der Waals surface area contributed by atoms with Gasteiger partial charge < -0.3 is 9.84 Å². The summed E-state index contributed by atoms with van der Waals surface area (Å²) in [5.74, 6) is 1.38. The van der Waals surface area contributed by atoms with Crippen molar-refractivity contribution in [3.63, 3.8) is 0 Å². The smallest absolute Gasteiger partial charge is 0.122 e. The average Bonchev–Trinajstić information content (AvgIpc) is 2.30. The number of ether oxygens (including phenoxy) is 1. The Morgan fingerprint density at radius 1 is 1.25 bits per heavy atom. The molecule has 88 valence electrons. The highest BCUT2D eigenvalue weighted by Gasteiger charge is 2.23. The van der Waals surface area contributed by atoms with Crippen molar-refractivity contribution in [1.82, 2.24) is 0 Å². The summed E-state index contributed by atoms with van der Waals surface area (Å²) in [5.41, 5.74) is 1.18. The molecule has 0 heterocycles. The Labute approximate surface area is 101 Å². The van der Waals surface area contributed by atoms with Crippen LogP contribution in [-0.4, -0.2) is 18.3 Å². The van der Waals surface area contributed by atoms with E-state index in [0.29, 0.717) is 5.92 Å². The van der Waals surface area contributed by atoms with E-state index in [2.05, 4.69) is 0 Å². The van der Waals surface area contributed by atoms with Crippen molar-refractivity contribution in [3.8, 4) is 5.75 Å². The van der Waals surface area contributed by atoms with E-state index in [0.717, 1.165) is 36.5 Å². The molecular weight excluding hydrogens is 224 g/mol. The Kier molecular flexibility index (Phi) is 3.72. The van der Waals surface area contributed by atoms with Gasteiger partial charge in [-0.2, -0.15) is 0 Å². The van der Waals surface area contributed by atoms with Gasteiger partial charge in [-0.3, -0.25) is 0 Å².